The van der Waals surface area contributed by atoms with Crippen LogP contribution in [0, 0.1) is 11.6 Å². The van der Waals surface area contributed by atoms with Crippen molar-refractivity contribution in [2.45, 2.75) is 25.8 Å². The Morgan fingerprint density at radius 1 is 1.50 bits per heavy atom. The summed E-state index contributed by atoms with van der Waals surface area (Å²) in [4.78, 5) is 13.7. The molecule has 0 radical (unpaired) electrons. The summed E-state index contributed by atoms with van der Waals surface area (Å²) >= 11 is 0. The van der Waals surface area contributed by atoms with Crippen molar-refractivity contribution in [2.75, 3.05) is 13.2 Å². The average molecular weight is 281 g/mol. The Labute approximate surface area is 116 Å². The molecule has 0 aliphatic carbocycles. The van der Waals surface area contributed by atoms with Gasteiger partial charge in [0.05, 0.1) is 12.6 Å². The highest BCUT2D eigenvalue weighted by atomic mass is 19.1. The largest absolute Gasteiger partial charge is 0.394 e. The van der Waals surface area contributed by atoms with Crippen LogP contribution < -0.4 is 0 Å². The molecule has 1 heterocycles. The zero-order chi connectivity index (χ0) is 14.7. The number of halogens is 2. The topological polar surface area (TPSA) is 40.5 Å². The van der Waals surface area contributed by atoms with Crippen molar-refractivity contribution in [2.24, 2.45) is 0 Å². The highest BCUT2D eigenvalue weighted by Gasteiger charge is 2.26. The van der Waals surface area contributed by atoms with Crippen LogP contribution >= 0.6 is 0 Å². The van der Waals surface area contributed by atoms with E-state index >= 15 is 0 Å². The van der Waals surface area contributed by atoms with Crippen LogP contribution in [0.25, 0.3) is 5.57 Å². The molecule has 5 heteroatoms. The van der Waals surface area contributed by atoms with Gasteiger partial charge in [-0.25, -0.2) is 8.78 Å². The van der Waals surface area contributed by atoms with E-state index in [1.54, 1.807) is 11.8 Å². The monoisotopic (exact) mass is 281 g/mol. The Hall–Kier alpha value is -1.75. The number of likely N-dealkylation sites (tertiary alicyclic amines) is 1. The molecule has 1 N–H and O–H groups in total. The molecule has 1 atom stereocenters. The fourth-order valence-corrected chi connectivity index (χ4v) is 2.47. The highest BCUT2D eigenvalue weighted by molar-refractivity contribution is 5.95. The van der Waals surface area contributed by atoms with Crippen molar-refractivity contribution in [3.8, 4) is 0 Å². The van der Waals surface area contributed by atoms with E-state index in [1.165, 1.54) is 12.1 Å². The highest BCUT2D eigenvalue weighted by Crippen LogP contribution is 2.21. The number of amides is 1. The first-order valence-corrected chi connectivity index (χ1v) is 6.58. The van der Waals surface area contributed by atoms with Gasteiger partial charge in [0.1, 0.15) is 11.6 Å². The van der Waals surface area contributed by atoms with Crippen LogP contribution in [0.1, 0.15) is 25.3 Å². The maximum absolute atomic E-state index is 13.6. The van der Waals surface area contributed by atoms with Crippen molar-refractivity contribution < 1.29 is 18.7 Å². The minimum Gasteiger partial charge on any atom is -0.394 e. The molecule has 3 nitrogen and oxygen atoms in total. The first kappa shape index (κ1) is 14.7. The molecule has 20 heavy (non-hydrogen) atoms. The SMILES string of the molecule is C/C(=C/C(=O)N1CCC[C@@H]1CO)c1ccc(F)cc1F. The van der Waals surface area contributed by atoms with Crippen LogP contribution in [0.3, 0.4) is 0 Å². The number of hydrogen-bond acceptors (Lipinski definition) is 2. The Bertz CT molecular complexity index is 543. The summed E-state index contributed by atoms with van der Waals surface area (Å²) < 4.78 is 26.5. The van der Waals surface area contributed by atoms with Crippen LogP contribution in [0.4, 0.5) is 8.78 Å². The van der Waals surface area contributed by atoms with Crippen LogP contribution in [0.2, 0.25) is 0 Å². The summed E-state index contributed by atoms with van der Waals surface area (Å²) in [5, 5.41) is 9.19. The van der Waals surface area contributed by atoms with Crippen molar-refractivity contribution in [3.63, 3.8) is 0 Å². The molecular formula is C15H17F2NO2. The summed E-state index contributed by atoms with van der Waals surface area (Å²) in [6.07, 6.45) is 2.97. The molecule has 0 aromatic heterocycles. The molecule has 1 amide bonds. The molecule has 1 saturated heterocycles. The van der Waals surface area contributed by atoms with Crippen LogP contribution in [-0.4, -0.2) is 35.1 Å². The number of nitrogens with zero attached hydrogens (tertiary/aromatic N) is 1. The number of rotatable bonds is 3. The predicted octanol–water partition coefficient (Wildman–Crippen LogP) is 2.35. The van der Waals surface area contributed by atoms with Gasteiger partial charge in [-0.2, -0.15) is 0 Å². The number of aliphatic hydroxyl groups is 1. The lowest BCUT2D eigenvalue weighted by atomic mass is 10.1. The number of carbonyl (C=O) groups is 1. The fraction of sp³-hybridized carbons (Fsp3) is 0.400. The van der Waals surface area contributed by atoms with Crippen LogP contribution in [0.15, 0.2) is 24.3 Å². The maximum atomic E-state index is 13.6. The normalized spacial score (nSPS) is 19.5. The van der Waals surface area contributed by atoms with Gasteiger partial charge >= 0.3 is 0 Å². The Morgan fingerprint density at radius 2 is 2.25 bits per heavy atom. The van der Waals surface area contributed by atoms with E-state index in [-0.39, 0.29) is 24.1 Å². The number of aliphatic hydroxyl groups excluding tert-OH is 1. The predicted molar refractivity (Wildman–Crippen MR) is 71.8 cm³/mol. The molecule has 1 aromatic rings. The van der Waals surface area contributed by atoms with Gasteiger partial charge in [-0.1, -0.05) is 0 Å². The van der Waals surface area contributed by atoms with Gasteiger partial charge in [0.15, 0.2) is 0 Å². The van der Waals surface area contributed by atoms with Gasteiger partial charge in [0.2, 0.25) is 5.91 Å². The minimum absolute atomic E-state index is 0.0659. The Balaban J connectivity index is 2.19. The Kier molecular flexibility index (Phi) is 4.49. The summed E-state index contributed by atoms with van der Waals surface area (Å²) in [6, 6.07) is 3.11. The lowest BCUT2D eigenvalue weighted by Crippen LogP contribution is -2.36. The van der Waals surface area contributed by atoms with Gasteiger partial charge in [-0.05, 0) is 37.5 Å². The van der Waals surface area contributed by atoms with E-state index in [0.29, 0.717) is 12.1 Å². The molecule has 0 spiro atoms. The third-order valence-corrected chi connectivity index (χ3v) is 3.57. The van der Waals surface area contributed by atoms with Gasteiger partial charge in [0, 0.05) is 24.3 Å². The molecule has 0 unspecified atom stereocenters. The molecule has 1 aliphatic heterocycles. The van der Waals surface area contributed by atoms with E-state index in [1.807, 2.05) is 0 Å². The van der Waals surface area contributed by atoms with Gasteiger partial charge in [-0.15, -0.1) is 0 Å². The average Bonchev–Trinajstić information content (AvgIpc) is 2.86. The molecule has 1 aliphatic rings. The standard InChI is InChI=1S/C15H17F2NO2/c1-10(13-5-4-11(16)8-14(13)17)7-15(20)18-6-2-3-12(18)9-19/h4-5,7-8,12,19H,2-3,6,9H2,1H3/b10-7-/t12-/m1/s1. The first-order chi connectivity index (χ1) is 9.52. The number of allylic oxidation sites excluding steroid dienone is 1. The second-order valence-corrected chi connectivity index (χ2v) is 4.96. The van der Waals surface area contributed by atoms with Crippen molar-refractivity contribution in [1.82, 2.24) is 4.90 Å². The second-order valence-electron chi connectivity index (χ2n) is 4.96. The van der Waals surface area contributed by atoms with E-state index in [0.717, 1.165) is 25.0 Å². The van der Waals surface area contributed by atoms with Crippen molar-refractivity contribution in [1.29, 1.82) is 0 Å². The number of carbonyl (C=O) groups excluding carboxylic acids is 1. The van der Waals surface area contributed by atoms with E-state index in [2.05, 4.69) is 0 Å². The molecule has 0 bridgehead atoms. The fourth-order valence-electron chi connectivity index (χ4n) is 2.47. The molecule has 108 valence electrons. The van der Waals surface area contributed by atoms with Gasteiger partial charge in [-0.3, -0.25) is 4.79 Å². The summed E-state index contributed by atoms with van der Waals surface area (Å²) in [7, 11) is 0. The van der Waals surface area contributed by atoms with Gasteiger partial charge in [0.25, 0.3) is 0 Å². The second kappa shape index (κ2) is 6.13. The van der Waals surface area contributed by atoms with Gasteiger partial charge < -0.3 is 10.0 Å². The quantitative estimate of drug-likeness (QED) is 0.864. The zero-order valence-corrected chi connectivity index (χ0v) is 11.3. The Morgan fingerprint density at radius 3 is 2.90 bits per heavy atom. The molecule has 1 aromatic carbocycles. The third kappa shape index (κ3) is 3.04. The van der Waals surface area contributed by atoms with Crippen molar-refractivity contribution >= 4 is 11.5 Å². The molecule has 0 saturated carbocycles. The minimum atomic E-state index is -0.688. The van der Waals surface area contributed by atoms with Crippen LogP contribution in [-0.2, 0) is 4.79 Å². The van der Waals surface area contributed by atoms with Crippen molar-refractivity contribution in [3.05, 3.63) is 41.5 Å². The molecule has 1 fully saturated rings. The molecule has 2 rings (SSSR count). The van der Waals surface area contributed by atoms with Crippen LogP contribution in [0.5, 0.6) is 0 Å². The summed E-state index contributed by atoms with van der Waals surface area (Å²) in [5.41, 5.74) is 0.649. The lowest BCUT2D eigenvalue weighted by Gasteiger charge is -2.21. The smallest absolute Gasteiger partial charge is 0.247 e. The molecular weight excluding hydrogens is 264 g/mol. The lowest BCUT2D eigenvalue weighted by molar-refractivity contribution is -0.127. The first-order valence-electron chi connectivity index (χ1n) is 6.58. The van der Waals surface area contributed by atoms with E-state index in [4.69, 9.17) is 0 Å². The zero-order valence-electron chi connectivity index (χ0n) is 11.3. The summed E-state index contributed by atoms with van der Waals surface area (Å²) in [6.45, 7) is 2.14. The number of benzene rings is 1. The van der Waals surface area contributed by atoms with E-state index < -0.39 is 11.6 Å². The maximum Gasteiger partial charge on any atom is 0.247 e. The third-order valence-electron chi connectivity index (χ3n) is 3.57. The van der Waals surface area contributed by atoms with E-state index in [9.17, 15) is 18.7 Å². The number of hydrogen-bond donors (Lipinski definition) is 1. The summed E-state index contributed by atoms with van der Waals surface area (Å²) in [5.74, 6) is -1.58.